The van der Waals surface area contributed by atoms with Gasteiger partial charge in [0.05, 0.1) is 6.61 Å². The van der Waals surface area contributed by atoms with Crippen LogP contribution in [0.15, 0.2) is 30.3 Å². The molecule has 6 nitrogen and oxygen atoms in total. The van der Waals surface area contributed by atoms with Crippen LogP contribution >= 0.6 is 11.3 Å². The molecule has 2 rings (SSSR count). The van der Waals surface area contributed by atoms with Crippen molar-refractivity contribution >= 4 is 28.3 Å². The normalized spacial score (nSPS) is 11.7. The smallest absolute Gasteiger partial charge is 0.397 e. The van der Waals surface area contributed by atoms with Crippen LogP contribution < -0.4 is 5.32 Å². The second kappa shape index (κ2) is 7.65. The van der Waals surface area contributed by atoms with Crippen LogP contribution in [0.4, 0.5) is 5.13 Å². The molecule has 1 aromatic carbocycles. The van der Waals surface area contributed by atoms with Crippen molar-refractivity contribution in [2.45, 2.75) is 26.2 Å². The number of nitrogens with one attached hydrogen (secondary N) is 1. The third-order valence-corrected chi connectivity index (χ3v) is 3.86. The number of nitrogens with zero attached hydrogens (tertiary/aromatic N) is 2. The van der Waals surface area contributed by atoms with Gasteiger partial charge in [-0.1, -0.05) is 48.6 Å². The van der Waals surface area contributed by atoms with E-state index in [9.17, 15) is 9.59 Å². The molecule has 0 saturated heterocycles. The van der Waals surface area contributed by atoms with Gasteiger partial charge in [0.1, 0.15) is 5.01 Å². The molecule has 0 aliphatic rings. The number of amides is 1. The molecule has 0 spiro atoms. The molecular weight excluding hydrogens is 302 g/mol. The van der Waals surface area contributed by atoms with Crippen molar-refractivity contribution in [2.75, 3.05) is 11.9 Å². The zero-order chi connectivity index (χ0) is 15.9. The van der Waals surface area contributed by atoms with Gasteiger partial charge in [-0.3, -0.25) is 10.1 Å². The number of anilines is 1. The molecule has 22 heavy (non-hydrogen) atoms. The van der Waals surface area contributed by atoms with E-state index < -0.39 is 11.9 Å². The number of hydrogen-bond donors (Lipinski definition) is 1. The van der Waals surface area contributed by atoms with E-state index in [0.717, 1.165) is 11.4 Å². The first-order chi connectivity index (χ1) is 10.6. The lowest BCUT2D eigenvalue weighted by Crippen LogP contribution is -2.24. The van der Waals surface area contributed by atoms with Crippen molar-refractivity contribution in [3.63, 3.8) is 0 Å². The topological polar surface area (TPSA) is 81.2 Å². The lowest BCUT2D eigenvalue weighted by Gasteiger charge is -2.08. The van der Waals surface area contributed by atoms with Crippen LogP contribution in [0.5, 0.6) is 0 Å². The second-order valence-electron chi connectivity index (χ2n) is 4.69. The number of rotatable bonds is 5. The van der Waals surface area contributed by atoms with Gasteiger partial charge in [0, 0.05) is 6.42 Å². The Hall–Kier alpha value is -2.28. The van der Waals surface area contributed by atoms with Crippen molar-refractivity contribution in [2.24, 2.45) is 0 Å². The van der Waals surface area contributed by atoms with Gasteiger partial charge in [0.2, 0.25) is 5.13 Å². The molecular formula is C15H17N3O3S. The Kier molecular flexibility index (Phi) is 5.60. The summed E-state index contributed by atoms with van der Waals surface area (Å²) < 4.78 is 4.61. The highest BCUT2D eigenvalue weighted by atomic mass is 32.1. The summed E-state index contributed by atoms with van der Waals surface area (Å²) in [4.78, 5) is 22.7. The molecule has 1 aromatic heterocycles. The molecule has 1 amide bonds. The summed E-state index contributed by atoms with van der Waals surface area (Å²) in [6.45, 7) is 3.90. The summed E-state index contributed by atoms with van der Waals surface area (Å²) in [6.07, 6.45) is 0.719. The number of carbonyl (C=O) groups excluding carboxylic acids is 2. The summed E-state index contributed by atoms with van der Waals surface area (Å²) in [5, 5.41) is 11.4. The average Bonchev–Trinajstić information content (AvgIpc) is 2.95. The lowest BCUT2D eigenvalue weighted by atomic mass is 9.98. The van der Waals surface area contributed by atoms with Gasteiger partial charge in [-0.15, -0.1) is 10.2 Å². The number of aromatic nitrogens is 2. The molecule has 0 aliphatic carbocycles. The van der Waals surface area contributed by atoms with Crippen LogP contribution in [0.25, 0.3) is 0 Å². The molecule has 0 aliphatic heterocycles. The van der Waals surface area contributed by atoms with Crippen LogP contribution in [0.1, 0.15) is 30.3 Å². The minimum absolute atomic E-state index is 0.155. The molecule has 0 radical (unpaired) electrons. The van der Waals surface area contributed by atoms with E-state index in [2.05, 4.69) is 39.3 Å². The number of benzene rings is 1. The Balaban J connectivity index is 1.94. The maximum absolute atomic E-state index is 11.5. The summed E-state index contributed by atoms with van der Waals surface area (Å²) in [5.41, 5.74) is 1.22. The molecule has 0 saturated carbocycles. The van der Waals surface area contributed by atoms with Gasteiger partial charge in [-0.05, 0) is 18.4 Å². The fraction of sp³-hybridized carbons (Fsp3) is 0.333. The third kappa shape index (κ3) is 4.36. The Morgan fingerprint density at radius 3 is 2.68 bits per heavy atom. The van der Waals surface area contributed by atoms with Gasteiger partial charge >= 0.3 is 11.9 Å². The molecule has 1 atom stereocenters. The first kappa shape index (κ1) is 16.1. The van der Waals surface area contributed by atoms with Crippen LogP contribution in [0.3, 0.4) is 0 Å². The van der Waals surface area contributed by atoms with E-state index in [0.29, 0.717) is 11.0 Å². The van der Waals surface area contributed by atoms with Crippen molar-refractivity contribution in [1.82, 2.24) is 10.2 Å². The first-order valence-electron chi connectivity index (χ1n) is 6.95. The first-order valence-corrected chi connectivity index (χ1v) is 7.77. The molecule has 1 unspecified atom stereocenters. The molecule has 1 heterocycles. The Labute approximate surface area is 132 Å². The van der Waals surface area contributed by atoms with Gasteiger partial charge < -0.3 is 4.74 Å². The fourth-order valence-electron chi connectivity index (χ4n) is 1.89. The Morgan fingerprint density at radius 1 is 1.27 bits per heavy atom. The van der Waals surface area contributed by atoms with Gasteiger partial charge in [0.25, 0.3) is 0 Å². The highest BCUT2D eigenvalue weighted by Gasteiger charge is 2.17. The standard InChI is InChI=1S/C15H17N3O3S/c1-3-21-14(20)13(19)16-15-18-17-12(22-15)9-10(2)11-7-5-4-6-8-11/h4-8,10H,3,9H2,1-2H3,(H,16,18,19). The predicted molar refractivity (Wildman–Crippen MR) is 83.7 cm³/mol. The maximum atomic E-state index is 11.5. The van der Waals surface area contributed by atoms with E-state index in [1.807, 2.05) is 18.2 Å². The summed E-state index contributed by atoms with van der Waals surface area (Å²) in [5.74, 6) is -1.46. The van der Waals surface area contributed by atoms with Crippen molar-refractivity contribution in [3.05, 3.63) is 40.9 Å². The quantitative estimate of drug-likeness (QED) is 0.676. The zero-order valence-corrected chi connectivity index (χ0v) is 13.2. The Bertz CT molecular complexity index is 642. The monoisotopic (exact) mass is 319 g/mol. The maximum Gasteiger partial charge on any atom is 0.397 e. The summed E-state index contributed by atoms with van der Waals surface area (Å²) >= 11 is 1.26. The number of carbonyl (C=O) groups is 2. The van der Waals surface area contributed by atoms with Gasteiger partial charge in [-0.2, -0.15) is 0 Å². The van der Waals surface area contributed by atoms with Crippen molar-refractivity contribution in [1.29, 1.82) is 0 Å². The summed E-state index contributed by atoms with van der Waals surface area (Å²) in [6, 6.07) is 10.1. The van der Waals surface area contributed by atoms with Crippen molar-refractivity contribution < 1.29 is 14.3 Å². The SMILES string of the molecule is CCOC(=O)C(=O)Nc1nnc(CC(C)c2ccccc2)s1. The van der Waals surface area contributed by atoms with Crippen LogP contribution in [-0.2, 0) is 20.7 Å². The molecule has 116 valence electrons. The van der Waals surface area contributed by atoms with E-state index in [1.165, 1.54) is 16.9 Å². The van der Waals surface area contributed by atoms with E-state index in [4.69, 9.17) is 0 Å². The van der Waals surface area contributed by atoms with E-state index >= 15 is 0 Å². The average molecular weight is 319 g/mol. The highest BCUT2D eigenvalue weighted by Crippen LogP contribution is 2.23. The molecule has 0 fully saturated rings. The zero-order valence-electron chi connectivity index (χ0n) is 12.4. The highest BCUT2D eigenvalue weighted by molar-refractivity contribution is 7.15. The Morgan fingerprint density at radius 2 is 2.00 bits per heavy atom. The minimum Gasteiger partial charge on any atom is -0.459 e. The lowest BCUT2D eigenvalue weighted by molar-refractivity contribution is -0.152. The minimum atomic E-state index is -0.920. The summed E-state index contributed by atoms with van der Waals surface area (Å²) in [7, 11) is 0. The second-order valence-corrected chi connectivity index (χ2v) is 5.75. The molecule has 2 aromatic rings. The van der Waals surface area contributed by atoms with Crippen LogP contribution in [0.2, 0.25) is 0 Å². The fourth-order valence-corrected chi connectivity index (χ4v) is 2.76. The largest absolute Gasteiger partial charge is 0.459 e. The van der Waals surface area contributed by atoms with Crippen LogP contribution in [0, 0.1) is 0 Å². The van der Waals surface area contributed by atoms with Crippen LogP contribution in [-0.4, -0.2) is 28.7 Å². The number of ether oxygens (including phenoxy) is 1. The molecule has 1 N–H and O–H groups in total. The number of hydrogen-bond acceptors (Lipinski definition) is 6. The van der Waals surface area contributed by atoms with Gasteiger partial charge in [0.15, 0.2) is 0 Å². The molecule has 7 heteroatoms. The van der Waals surface area contributed by atoms with E-state index in [-0.39, 0.29) is 6.61 Å². The van der Waals surface area contributed by atoms with E-state index in [1.54, 1.807) is 6.92 Å². The predicted octanol–water partition coefficient (Wildman–Crippen LogP) is 2.39. The molecule has 0 bridgehead atoms. The number of esters is 1. The third-order valence-electron chi connectivity index (χ3n) is 3.00. The van der Waals surface area contributed by atoms with Gasteiger partial charge in [-0.25, -0.2) is 4.79 Å². The van der Waals surface area contributed by atoms with Crippen molar-refractivity contribution in [3.8, 4) is 0 Å².